The number of anilines is 1. The fourth-order valence-corrected chi connectivity index (χ4v) is 1.06. The second kappa shape index (κ2) is 6.00. The van der Waals surface area contributed by atoms with Crippen LogP contribution in [0.2, 0.25) is 0 Å². The number of carbonyl (C=O) groups excluding carboxylic acids is 2. The number of hydrogen-bond acceptors (Lipinski definition) is 5. The highest BCUT2D eigenvalue weighted by Crippen LogP contribution is 2.06. The maximum Gasteiger partial charge on any atom is 0.327 e. The zero-order valence-corrected chi connectivity index (χ0v) is 9.97. The zero-order chi connectivity index (χ0) is 12.8. The lowest BCUT2D eigenvalue weighted by atomic mass is 10.3. The second-order valence-corrected chi connectivity index (χ2v) is 3.37. The molecule has 1 atom stereocenters. The van der Waals surface area contributed by atoms with Crippen molar-refractivity contribution in [3.8, 4) is 0 Å². The van der Waals surface area contributed by atoms with Crippen molar-refractivity contribution in [1.29, 1.82) is 0 Å². The van der Waals surface area contributed by atoms with Crippen LogP contribution in [0.25, 0.3) is 0 Å². The average Bonchev–Trinajstić information content (AvgIpc) is 2.75. The lowest BCUT2D eigenvalue weighted by molar-refractivity contribution is -0.141. The number of ether oxygens (including phenoxy) is 2. The lowest BCUT2D eigenvalue weighted by Gasteiger charge is -2.08. The van der Waals surface area contributed by atoms with Crippen LogP contribution < -0.4 is 5.32 Å². The Morgan fingerprint density at radius 3 is 2.82 bits per heavy atom. The molecule has 0 aliphatic rings. The number of amides is 1. The van der Waals surface area contributed by atoms with Gasteiger partial charge in [-0.3, -0.25) is 14.3 Å². The number of nitrogens with zero attached hydrogens (tertiary/aromatic N) is 2. The maximum absolute atomic E-state index is 11.5. The van der Waals surface area contributed by atoms with Gasteiger partial charge in [-0.1, -0.05) is 0 Å². The number of methoxy groups -OCH3 is 2. The van der Waals surface area contributed by atoms with Gasteiger partial charge in [-0.05, 0) is 6.92 Å². The summed E-state index contributed by atoms with van der Waals surface area (Å²) in [4.78, 5) is 22.4. The van der Waals surface area contributed by atoms with Crippen LogP contribution in [0.5, 0.6) is 0 Å². The highest BCUT2D eigenvalue weighted by atomic mass is 16.5. The van der Waals surface area contributed by atoms with E-state index >= 15 is 0 Å². The fourth-order valence-electron chi connectivity index (χ4n) is 1.06. The second-order valence-electron chi connectivity index (χ2n) is 3.37. The molecule has 0 bridgehead atoms. The molecule has 0 aliphatic heterocycles. The number of hydrogen-bond donors (Lipinski definition) is 1. The van der Waals surface area contributed by atoms with Gasteiger partial charge in [-0.2, -0.15) is 5.10 Å². The molecular weight excluding hydrogens is 226 g/mol. The van der Waals surface area contributed by atoms with E-state index in [9.17, 15) is 9.59 Å². The summed E-state index contributed by atoms with van der Waals surface area (Å²) in [5.41, 5.74) is 0.503. The summed E-state index contributed by atoms with van der Waals surface area (Å²) in [6, 6.07) is 0. The average molecular weight is 241 g/mol. The molecule has 1 unspecified atom stereocenters. The summed E-state index contributed by atoms with van der Waals surface area (Å²) in [6.07, 6.45) is 2.44. The molecule has 1 amide bonds. The van der Waals surface area contributed by atoms with Crippen LogP contribution in [-0.2, 0) is 25.6 Å². The molecule has 1 heterocycles. The van der Waals surface area contributed by atoms with Crippen LogP contribution in [0.4, 0.5) is 5.69 Å². The molecule has 1 aromatic rings. The summed E-state index contributed by atoms with van der Waals surface area (Å²) in [5.74, 6) is -0.679. The van der Waals surface area contributed by atoms with Crippen molar-refractivity contribution in [2.24, 2.45) is 0 Å². The molecule has 0 radical (unpaired) electrons. The Balaban J connectivity index is 2.56. The summed E-state index contributed by atoms with van der Waals surface area (Å²) in [7, 11) is 2.75. The molecule has 1 N–H and O–H groups in total. The van der Waals surface area contributed by atoms with E-state index in [0.717, 1.165) is 0 Å². The molecule has 0 spiro atoms. The smallest absolute Gasteiger partial charge is 0.327 e. The van der Waals surface area contributed by atoms with E-state index in [2.05, 4.69) is 15.2 Å². The number of nitrogens with one attached hydrogen (secondary N) is 1. The molecule has 7 nitrogen and oxygen atoms in total. The minimum atomic E-state index is -0.543. The summed E-state index contributed by atoms with van der Waals surface area (Å²) < 4.78 is 10.7. The van der Waals surface area contributed by atoms with Gasteiger partial charge < -0.3 is 14.8 Å². The van der Waals surface area contributed by atoms with Crippen molar-refractivity contribution in [2.45, 2.75) is 19.6 Å². The number of aromatic nitrogens is 2. The van der Waals surface area contributed by atoms with Crippen molar-refractivity contribution in [2.75, 3.05) is 19.5 Å². The quantitative estimate of drug-likeness (QED) is 0.735. The first kappa shape index (κ1) is 13.2. The Morgan fingerprint density at radius 2 is 2.24 bits per heavy atom. The van der Waals surface area contributed by atoms with Gasteiger partial charge in [-0.25, -0.2) is 0 Å². The maximum atomic E-state index is 11.5. The van der Waals surface area contributed by atoms with Gasteiger partial charge in [0.05, 0.1) is 19.0 Å². The van der Waals surface area contributed by atoms with Gasteiger partial charge in [0.2, 0.25) is 0 Å². The number of carbonyl (C=O) groups is 2. The van der Waals surface area contributed by atoms with Gasteiger partial charge >= 0.3 is 5.97 Å². The van der Waals surface area contributed by atoms with Gasteiger partial charge in [0.15, 0.2) is 0 Å². The third-order valence-electron chi connectivity index (χ3n) is 2.14. The Bertz CT molecular complexity index is 402. The van der Waals surface area contributed by atoms with Crippen LogP contribution in [-0.4, -0.2) is 42.0 Å². The first-order valence-electron chi connectivity index (χ1n) is 4.99. The first-order chi connectivity index (χ1) is 8.06. The standard InChI is InChI=1S/C10H15N3O4/c1-7(16-2)10(15)12-8-4-11-13(5-8)6-9(14)17-3/h4-5,7H,6H2,1-3H3,(H,12,15). The highest BCUT2D eigenvalue weighted by molar-refractivity contribution is 5.93. The van der Waals surface area contributed by atoms with Gasteiger partial charge in [0.1, 0.15) is 12.6 Å². The molecule has 1 rings (SSSR count). The molecule has 17 heavy (non-hydrogen) atoms. The summed E-state index contributed by atoms with van der Waals surface area (Å²) >= 11 is 0. The Morgan fingerprint density at radius 1 is 1.53 bits per heavy atom. The molecule has 7 heteroatoms. The van der Waals surface area contributed by atoms with Crippen molar-refractivity contribution in [1.82, 2.24) is 9.78 Å². The minimum absolute atomic E-state index is 0.00615. The van der Waals surface area contributed by atoms with Crippen molar-refractivity contribution in [3.05, 3.63) is 12.4 Å². The van der Waals surface area contributed by atoms with E-state index in [1.165, 1.54) is 31.3 Å². The van der Waals surface area contributed by atoms with Gasteiger partial charge in [0.25, 0.3) is 5.91 Å². The normalized spacial score (nSPS) is 11.9. The van der Waals surface area contributed by atoms with Crippen LogP contribution in [0, 0.1) is 0 Å². The molecule has 0 aliphatic carbocycles. The van der Waals surface area contributed by atoms with E-state index in [1.54, 1.807) is 6.92 Å². The Kier molecular flexibility index (Phi) is 4.65. The van der Waals surface area contributed by atoms with E-state index in [1.807, 2.05) is 0 Å². The summed E-state index contributed by atoms with van der Waals surface area (Å²) in [6.45, 7) is 1.64. The van der Waals surface area contributed by atoms with Crippen LogP contribution in [0.15, 0.2) is 12.4 Å². The largest absolute Gasteiger partial charge is 0.468 e. The van der Waals surface area contributed by atoms with Crippen LogP contribution >= 0.6 is 0 Å². The SMILES string of the molecule is COC(=O)Cn1cc(NC(=O)C(C)OC)cn1. The predicted octanol–water partition coefficient (Wildman–Crippen LogP) is 0.0295. The monoisotopic (exact) mass is 241 g/mol. The molecular formula is C10H15N3O4. The van der Waals surface area contributed by atoms with E-state index in [4.69, 9.17) is 4.74 Å². The molecule has 0 saturated carbocycles. The lowest BCUT2D eigenvalue weighted by Crippen LogP contribution is -2.26. The van der Waals surface area contributed by atoms with E-state index in [0.29, 0.717) is 5.69 Å². The number of esters is 1. The molecule has 1 aromatic heterocycles. The van der Waals surface area contributed by atoms with Crippen molar-refractivity contribution >= 4 is 17.6 Å². The Hall–Kier alpha value is -1.89. The van der Waals surface area contributed by atoms with Gasteiger partial charge in [0, 0.05) is 13.3 Å². The Labute approximate surface area is 98.7 Å². The third kappa shape index (κ3) is 3.87. The molecule has 0 saturated heterocycles. The van der Waals surface area contributed by atoms with E-state index in [-0.39, 0.29) is 12.5 Å². The number of rotatable bonds is 5. The van der Waals surface area contributed by atoms with Crippen molar-refractivity contribution < 1.29 is 19.1 Å². The van der Waals surface area contributed by atoms with E-state index < -0.39 is 12.1 Å². The summed E-state index contributed by atoms with van der Waals surface area (Å²) in [5, 5.41) is 6.51. The predicted molar refractivity (Wildman–Crippen MR) is 59.3 cm³/mol. The van der Waals surface area contributed by atoms with Crippen LogP contribution in [0.3, 0.4) is 0 Å². The third-order valence-corrected chi connectivity index (χ3v) is 2.14. The van der Waals surface area contributed by atoms with Gasteiger partial charge in [-0.15, -0.1) is 0 Å². The zero-order valence-electron chi connectivity index (χ0n) is 9.97. The van der Waals surface area contributed by atoms with Crippen LogP contribution in [0.1, 0.15) is 6.92 Å². The molecule has 0 fully saturated rings. The van der Waals surface area contributed by atoms with Crippen molar-refractivity contribution in [3.63, 3.8) is 0 Å². The molecule has 0 aromatic carbocycles. The minimum Gasteiger partial charge on any atom is -0.468 e. The highest BCUT2D eigenvalue weighted by Gasteiger charge is 2.12. The first-order valence-corrected chi connectivity index (χ1v) is 4.99. The fraction of sp³-hybridized carbons (Fsp3) is 0.500. The molecule has 94 valence electrons. The topological polar surface area (TPSA) is 82.5 Å².